The lowest BCUT2D eigenvalue weighted by Gasteiger charge is -2.16. The molecule has 0 aliphatic carbocycles. The smallest absolute Gasteiger partial charge is 0.191 e. The topological polar surface area (TPSA) is 74.3 Å². The monoisotopic (exact) mass is 485 g/mol. The highest BCUT2D eigenvalue weighted by Crippen LogP contribution is 2.17. The molecular weight excluding hydrogens is 453 g/mol. The van der Waals surface area contributed by atoms with Crippen molar-refractivity contribution in [1.29, 1.82) is 0 Å². The highest BCUT2D eigenvalue weighted by Gasteiger charge is 2.06. The molecule has 2 rings (SSSR count). The number of benzene rings is 1. The number of H-pyrrole nitrogens is 1. The molecule has 150 valence electrons. The zero-order chi connectivity index (χ0) is 18.8. The molecule has 0 amide bonds. The largest absolute Gasteiger partial charge is 0.489 e. The van der Waals surface area contributed by atoms with E-state index in [1.54, 1.807) is 0 Å². The van der Waals surface area contributed by atoms with Gasteiger partial charge in [-0.1, -0.05) is 18.2 Å². The molecule has 0 fully saturated rings. The third-order valence-electron chi connectivity index (χ3n) is 4.12. The summed E-state index contributed by atoms with van der Waals surface area (Å²) in [4.78, 5) is 4.64. The predicted octanol–water partition coefficient (Wildman–Crippen LogP) is 3.60. The van der Waals surface area contributed by atoms with E-state index in [1.807, 2.05) is 31.3 Å². The number of hydrogen-bond acceptors (Lipinski definition) is 3. The van der Waals surface area contributed by atoms with Gasteiger partial charge in [-0.3, -0.25) is 5.10 Å². The minimum atomic E-state index is 0. The van der Waals surface area contributed by atoms with Crippen molar-refractivity contribution in [1.82, 2.24) is 20.8 Å². The lowest BCUT2D eigenvalue weighted by atomic mass is 10.1. The Hall–Kier alpha value is -1.77. The molecule has 27 heavy (non-hydrogen) atoms. The van der Waals surface area contributed by atoms with Crippen LogP contribution in [0.4, 0.5) is 0 Å². The fourth-order valence-corrected chi connectivity index (χ4v) is 2.62. The first-order valence-corrected chi connectivity index (χ1v) is 9.33. The summed E-state index contributed by atoms with van der Waals surface area (Å²) in [7, 11) is 0. The van der Waals surface area contributed by atoms with E-state index in [0.29, 0.717) is 6.54 Å². The molecule has 1 aromatic heterocycles. The number of aryl methyl sites for hydroxylation is 3. The number of nitrogens with zero attached hydrogens (tertiary/aromatic N) is 2. The van der Waals surface area contributed by atoms with Gasteiger partial charge in [0.2, 0.25) is 0 Å². The first kappa shape index (κ1) is 23.3. The van der Waals surface area contributed by atoms with Gasteiger partial charge in [0.25, 0.3) is 0 Å². The van der Waals surface area contributed by atoms with Gasteiger partial charge in [0, 0.05) is 18.8 Å². The van der Waals surface area contributed by atoms with E-state index in [9.17, 15) is 0 Å². The van der Waals surface area contributed by atoms with Gasteiger partial charge >= 0.3 is 0 Å². The lowest BCUT2D eigenvalue weighted by Crippen LogP contribution is -2.38. The van der Waals surface area contributed by atoms with Crippen LogP contribution < -0.4 is 15.4 Å². The number of ether oxygens (including phenoxy) is 1. The number of rotatable bonds is 9. The molecule has 0 saturated heterocycles. The Morgan fingerprint density at radius 1 is 1.26 bits per heavy atom. The van der Waals surface area contributed by atoms with Crippen LogP contribution in [0.5, 0.6) is 5.75 Å². The maximum atomic E-state index is 5.99. The van der Waals surface area contributed by atoms with Crippen LogP contribution in [-0.4, -0.2) is 41.9 Å². The second-order valence-electron chi connectivity index (χ2n) is 6.46. The average Bonchev–Trinajstić information content (AvgIpc) is 3.03. The molecule has 6 nitrogen and oxygen atoms in total. The molecule has 1 aromatic carbocycles. The van der Waals surface area contributed by atoms with E-state index >= 15 is 0 Å². The number of para-hydroxylation sites is 1. The van der Waals surface area contributed by atoms with Crippen LogP contribution in [0.25, 0.3) is 0 Å². The average molecular weight is 485 g/mol. The van der Waals surface area contributed by atoms with Gasteiger partial charge in [0.05, 0.1) is 12.7 Å². The van der Waals surface area contributed by atoms with Crippen LogP contribution in [0.15, 0.2) is 35.5 Å². The third-order valence-corrected chi connectivity index (χ3v) is 4.12. The highest BCUT2D eigenvalue weighted by atomic mass is 127. The van der Waals surface area contributed by atoms with E-state index in [4.69, 9.17) is 4.74 Å². The number of nitrogens with one attached hydrogen (secondary N) is 3. The molecule has 0 radical (unpaired) electrons. The first-order chi connectivity index (χ1) is 12.6. The summed E-state index contributed by atoms with van der Waals surface area (Å²) in [5.41, 5.74) is 3.56. The lowest BCUT2D eigenvalue weighted by molar-refractivity contribution is 0.228. The van der Waals surface area contributed by atoms with Gasteiger partial charge in [-0.25, -0.2) is 4.99 Å². The SMILES string of the molecule is CCNC(=NCC(C)Oc1ccccc1C)NCCCc1cn[nH]c1C.I. The van der Waals surface area contributed by atoms with Gasteiger partial charge in [-0.2, -0.15) is 5.10 Å². The van der Waals surface area contributed by atoms with Gasteiger partial charge in [-0.15, -0.1) is 24.0 Å². The number of aromatic amines is 1. The summed E-state index contributed by atoms with van der Waals surface area (Å²) in [5.74, 6) is 1.75. The summed E-state index contributed by atoms with van der Waals surface area (Å²) < 4.78 is 5.99. The van der Waals surface area contributed by atoms with Crippen LogP contribution in [0.3, 0.4) is 0 Å². The van der Waals surface area contributed by atoms with E-state index in [-0.39, 0.29) is 30.1 Å². The van der Waals surface area contributed by atoms with Crippen LogP contribution in [-0.2, 0) is 6.42 Å². The summed E-state index contributed by atoms with van der Waals surface area (Å²) >= 11 is 0. The maximum absolute atomic E-state index is 5.99. The molecule has 0 spiro atoms. The second kappa shape index (κ2) is 12.6. The predicted molar refractivity (Wildman–Crippen MR) is 122 cm³/mol. The van der Waals surface area contributed by atoms with Crippen molar-refractivity contribution in [3.63, 3.8) is 0 Å². The quantitative estimate of drug-likeness (QED) is 0.220. The van der Waals surface area contributed by atoms with Crippen LogP contribution in [0.2, 0.25) is 0 Å². The Morgan fingerprint density at radius 2 is 2.04 bits per heavy atom. The molecule has 7 heteroatoms. The zero-order valence-corrected chi connectivity index (χ0v) is 19.0. The summed E-state index contributed by atoms with van der Waals surface area (Å²) in [6.45, 7) is 10.5. The summed E-state index contributed by atoms with van der Waals surface area (Å²) in [5, 5.41) is 13.7. The van der Waals surface area contributed by atoms with E-state index in [1.165, 1.54) is 5.56 Å². The molecule has 0 aliphatic heterocycles. The van der Waals surface area contributed by atoms with Crippen LogP contribution in [0, 0.1) is 13.8 Å². The zero-order valence-electron chi connectivity index (χ0n) is 16.7. The standard InChI is InChI=1S/C20H31N5O.HI/c1-5-21-20(22-12-8-10-18-14-24-25-17(18)4)23-13-16(3)26-19-11-7-6-9-15(19)2;/h6-7,9,11,14,16H,5,8,10,12-13H2,1-4H3,(H,24,25)(H2,21,22,23);1H. The fourth-order valence-electron chi connectivity index (χ4n) is 2.62. The number of hydrogen-bond donors (Lipinski definition) is 3. The Labute approximate surface area is 179 Å². The minimum absolute atomic E-state index is 0. The molecule has 0 bridgehead atoms. The Kier molecular flexibility index (Phi) is 10.8. The van der Waals surface area contributed by atoms with Crippen LogP contribution in [0.1, 0.15) is 37.1 Å². The van der Waals surface area contributed by atoms with Gasteiger partial charge < -0.3 is 15.4 Å². The first-order valence-electron chi connectivity index (χ1n) is 9.33. The highest BCUT2D eigenvalue weighted by molar-refractivity contribution is 14.0. The van der Waals surface area contributed by atoms with Crippen molar-refractivity contribution >= 4 is 29.9 Å². The van der Waals surface area contributed by atoms with Gasteiger partial charge in [-0.05, 0) is 57.7 Å². The van der Waals surface area contributed by atoms with Crippen molar-refractivity contribution in [3.05, 3.63) is 47.3 Å². The number of guanidine groups is 1. The Morgan fingerprint density at radius 3 is 2.70 bits per heavy atom. The maximum Gasteiger partial charge on any atom is 0.191 e. The molecule has 0 saturated carbocycles. The molecule has 1 atom stereocenters. The van der Waals surface area contributed by atoms with E-state index in [2.05, 4.69) is 52.7 Å². The normalized spacial score (nSPS) is 12.2. The van der Waals surface area contributed by atoms with E-state index < -0.39 is 0 Å². The summed E-state index contributed by atoms with van der Waals surface area (Å²) in [6.07, 6.45) is 3.95. The van der Waals surface area contributed by atoms with Gasteiger partial charge in [0.1, 0.15) is 11.9 Å². The molecule has 1 heterocycles. The van der Waals surface area contributed by atoms with E-state index in [0.717, 1.165) is 48.9 Å². The number of aliphatic imine (C=N–C) groups is 1. The van der Waals surface area contributed by atoms with Crippen molar-refractivity contribution in [2.45, 2.75) is 46.6 Å². The van der Waals surface area contributed by atoms with Crippen LogP contribution >= 0.6 is 24.0 Å². The van der Waals surface area contributed by atoms with Gasteiger partial charge in [0.15, 0.2) is 5.96 Å². The molecule has 2 aromatic rings. The Bertz CT molecular complexity index is 701. The molecule has 3 N–H and O–H groups in total. The molecular formula is C20H32IN5O. The van der Waals surface area contributed by atoms with Crippen molar-refractivity contribution in [2.24, 2.45) is 4.99 Å². The molecule has 1 unspecified atom stereocenters. The second-order valence-corrected chi connectivity index (χ2v) is 6.46. The number of aromatic nitrogens is 2. The summed E-state index contributed by atoms with van der Waals surface area (Å²) in [6, 6.07) is 8.06. The third kappa shape index (κ3) is 8.19. The van der Waals surface area contributed by atoms with Crippen molar-refractivity contribution in [2.75, 3.05) is 19.6 Å². The fraction of sp³-hybridized carbons (Fsp3) is 0.500. The minimum Gasteiger partial charge on any atom is -0.489 e. The van der Waals surface area contributed by atoms with Crippen molar-refractivity contribution < 1.29 is 4.74 Å². The number of halogens is 1. The van der Waals surface area contributed by atoms with Crippen molar-refractivity contribution in [3.8, 4) is 5.75 Å². The Balaban J connectivity index is 0.00000364. The molecule has 0 aliphatic rings.